The van der Waals surface area contributed by atoms with Crippen LogP contribution in [0, 0.1) is 6.92 Å². The maximum atomic E-state index is 13.4. The normalized spacial score (nSPS) is 11.4. The molecule has 39 heavy (non-hydrogen) atoms. The highest BCUT2D eigenvalue weighted by molar-refractivity contribution is 7.92. The third-order valence-electron chi connectivity index (χ3n) is 5.66. The zero-order chi connectivity index (χ0) is 27.8. The van der Waals surface area contributed by atoms with Gasteiger partial charge in [-0.05, 0) is 84.3 Å². The standard InChI is InChI=1S/C29H25Cl2N3O4S/c1-21-7-14-25(17-28(21)31)34(39(36,37)27-5-3-2-4-6-27)19-29(35)33-32-18-22-10-15-26(16-11-22)38-20-23-8-12-24(30)13-9-23/h2-18H,19-20H2,1H3,(H,33,35)/b32-18+. The minimum absolute atomic E-state index is 0.0522. The molecule has 200 valence electrons. The van der Waals surface area contributed by atoms with Crippen molar-refractivity contribution >= 4 is 51.0 Å². The van der Waals surface area contributed by atoms with Gasteiger partial charge in [-0.25, -0.2) is 13.8 Å². The Labute approximate surface area is 237 Å². The van der Waals surface area contributed by atoms with Gasteiger partial charge in [0.15, 0.2) is 0 Å². The van der Waals surface area contributed by atoms with E-state index in [0.717, 1.165) is 15.4 Å². The number of hydrogen-bond donors (Lipinski definition) is 1. The summed E-state index contributed by atoms with van der Waals surface area (Å²) in [5.74, 6) is 0.0510. The Morgan fingerprint density at radius 3 is 2.31 bits per heavy atom. The SMILES string of the molecule is Cc1ccc(N(CC(=O)N/N=C/c2ccc(OCc3ccc(Cl)cc3)cc2)S(=O)(=O)c2ccccc2)cc1Cl. The lowest BCUT2D eigenvalue weighted by Crippen LogP contribution is -2.39. The summed E-state index contributed by atoms with van der Waals surface area (Å²) in [6.07, 6.45) is 1.46. The molecule has 7 nitrogen and oxygen atoms in total. The molecule has 0 atom stereocenters. The van der Waals surface area contributed by atoms with Crippen LogP contribution >= 0.6 is 23.2 Å². The van der Waals surface area contributed by atoms with Crippen molar-refractivity contribution in [1.82, 2.24) is 5.43 Å². The highest BCUT2D eigenvalue weighted by atomic mass is 35.5. The van der Waals surface area contributed by atoms with Crippen LogP contribution < -0.4 is 14.5 Å². The van der Waals surface area contributed by atoms with Gasteiger partial charge in [0.2, 0.25) is 0 Å². The van der Waals surface area contributed by atoms with Crippen molar-refractivity contribution in [3.63, 3.8) is 0 Å². The molecule has 0 fully saturated rings. The second kappa shape index (κ2) is 12.8. The van der Waals surface area contributed by atoms with Crippen molar-refractivity contribution in [1.29, 1.82) is 0 Å². The molecule has 0 aliphatic rings. The molecule has 4 aromatic carbocycles. The predicted molar refractivity (Wildman–Crippen MR) is 155 cm³/mol. The Hall–Kier alpha value is -3.85. The number of ether oxygens (including phenoxy) is 1. The van der Waals surface area contributed by atoms with Gasteiger partial charge in [0.05, 0.1) is 16.8 Å². The van der Waals surface area contributed by atoms with E-state index in [-0.39, 0.29) is 10.6 Å². The summed E-state index contributed by atoms with van der Waals surface area (Å²) in [5.41, 5.74) is 5.15. The second-order valence-corrected chi connectivity index (χ2v) is 11.2. The number of hydrogen-bond acceptors (Lipinski definition) is 5. The van der Waals surface area contributed by atoms with Gasteiger partial charge in [0.1, 0.15) is 18.9 Å². The first-order chi connectivity index (χ1) is 18.7. The molecule has 0 unspecified atom stereocenters. The lowest BCUT2D eigenvalue weighted by atomic mass is 10.2. The monoisotopic (exact) mass is 581 g/mol. The van der Waals surface area contributed by atoms with Crippen molar-refractivity contribution in [3.05, 3.63) is 124 Å². The minimum Gasteiger partial charge on any atom is -0.489 e. The Kier molecular flexibility index (Phi) is 9.24. The Balaban J connectivity index is 1.41. The molecule has 1 amide bonds. The summed E-state index contributed by atoms with van der Waals surface area (Å²) in [7, 11) is -4.05. The quantitative estimate of drug-likeness (QED) is 0.178. The number of aryl methyl sites for hydroxylation is 1. The number of amides is 1. The first kappa shape index (κ1) is 28.2. The predicted octanol–water partition coefficient (Wildman–Crippen LogP) is 6.23. The van der Waals surface area contributed by atoms with Gasteiger partial charge < -0.3 is 4.74 Å². The summed E-state index contributed by atoms with van der Waals surface area (Å²) in [6, 6.07) is 27.3. The highest BCUT2D eigenvalue weighted by Crippen LogP contribution is 2.28. The molecular formula is C29H25Cl2N3O4S. The van der Waals surface area contributed by atoms with Crippen LogP contribution in [0.2, 0.25) is 10.0 Å². The second-order valence-electron chi connectivity index (χ2n) is 8.54. The zero-order valence-electron chi connectivity index (χ0n) is 20.9. The van der Waals surface area contributed by atoms with Gasteiger partial charge in [-0.2, -0.15) is 5.10 Å². The topological polar surface area (TPSA) is 88.1 Å². The number of sulfonamides is 1. The molecule has 0 saturated heterocycles. The van der Waals surface area contributed by atoms with Gasteiger partial charge in [-0.15, -0.1) is 0 Å². The maximum Gasteiger partial charge on any atom is 0.264 e. The summed E-state index contributed by atoms with van der Waals surface area (Å²) in [6.45, 7) is 1.71. The fraction of sp³-hybridized carbons (Fsp3) is 0.103. The van der Waals surface area contributed by atoms with Gasteiger partial charge in [-0.1, -0.05) is 59.6 Å². The van der Waals surface area contributed by atoms with Crippen molar-refractivity contribution in [2.45, 2.75) is 18.4 Å². The zero-order valence-corrected chi connectivity index (χ0v) is 23.2. The lowest BCUT2D eigenvalue weighted by Gasteiger charge is -2.24. The molecule has 0 aromatic heterocycles. The van der Waals surface area contributed by atoms with E-state index in [2.05, 4.69) is 10.5 Å². The molecule has 4 aromatic rings. The molecule has 10 heteroatoms. The average molecular weight is 583 g/mol. The third kappa shape index (κ3) is 7.60. The van der Waals surface area contributed by atoms with Crippen LogP contribution in [0.15, 0.2) is 107 Å². The fourth-order valence-electron chi connectivity index (χ4n) is 3.51. The lowest BCUT2D eigenvalue weighted by molar-refractivity contribution is -0.119. The van der Waals surface area contributed by atoms with E-state index in [9.17, 15) is 13.2 Å². The third-order valence-corrected chi connectivity index (χ3v) is 8.11. The van der Waals surface area contributed by atoms with Crippen LogP contribution in [-0.4, -0.2) is 27.1 Å². The molecule has 1 N–H and O–H groups in total. The summed E-state index contributed by atoms with van der Waals surface area (Å²) in [5, 5.41) is 5.04. The average Bonchev–Trinajstić information content (AvgIpc) is 2.94. The van der Waals surface area contributed by atoms with E-state index in [0.29, 0.717) is 28.0 Å². The molecule has 4 rings (SSSR count). The number of anilines is 1. The van der Waals surface area contributed by atoms with E-state index in [4.69, 9.17) is 27.9 Å². The van der Waals surface area contributed by atoms with Gasteiger partial charge in [0.25, 0.3) is 15.9 Å². The Morgan fingerprint density at radius 1 is 0.949 bits per heavy atom. The van der Waals surface area contributed by atoms with E-state index in [1.165, 1.54) is 24.4 Å². The Morgan fingerprint density at radius 2 is 1.64 bits per heavy atom. The van der Waals surface area contributed by atoms with Crippen LogP contribution in [-0.2, 0) is 21.4 Å². The summed E-state index contributed by atoms with van der Waals surface area (Å²) < 4.78 is 33.6. The smallest absolute Gasteiger partial charge is 0.264 e. The van der Waals surface area contributed by atoms with E-state index < -0.39 is 22.5 Å². The number of rotatable bonds is 10. The van der Waals surface area contributed by atoms with Crippen LogP contribution in [0.25, 0.3) is 0 Å². The number of hydrazone groups is 1. The maximum absolute atomic E-state index is 13.4. The minimum atomic E-state index is -4.05. The molecule has 0 saturated carbocycles. The molecule has 0 spiro atoms. The molecular weight excluding hydrogens is 557 g/mol. The van der Waals surface area contributed by atoms with E-state index in [1.54, 1.807) is 66.7 Å². The van der Waals surface area contributed by atoms with Crippen molar-refractivity contribution in [3.8, 4) is 5.75 Å². The molecule has 0 heterocycles. The summed E-state index contributed by atoms with van der Waals surface area (Å²) in [4.78, 5) is 12.8. The van der Waals surface area contributed by atoms with Crippen molar-refractivity contribution in [2.75, 3.05) is 10.8 Å². The van der Waals surface area contributed by atoms with Crippen LogP contribution in [0.3, 0.4) is 0 Å². The first-order valence-electron chi connectivity index (χ1n) is 11.9. The van der Waals surface area contributed by atoms with Gasteiger partial charge in [0, 0.05) is 10.0 Å². The molecule has 0 bridgehead atoms. The number of carbonyl (C=O) groups excluding carboxylic acids is 1. The number of carbonyl (C=O) groups is 1. The Bertz CT molecular complexity index is 1560. The van der Waals surface area contributed by atoms with Crippen molar-refractivity contribution < 1.29 is 17.9 Å². The highest BCUT2D eigenvalue weighted by Gasteiger charge is 2.27. The van der Waals surface area contributed by atoms with Gasteiger partial charge in [-0.3, -0.25) is 9.10 Å². The summed E-state index contributed by atoms with van der Waals surface area (Å²) >= 11 is 12.2. The molecule has 0 radical (unpaired) electrons. The fourth-order valence-corrected chi connectivity index (χ4v) is 5.25. The number of halogens is 2. The van der Waals surface area contributed by atoms with E-state index >= 15 is 0 Å². The van der Waals surface area contributed by atoms with Crippen LogP contribution in [0.4, 0.5) is 5.69 Å². The number of benzene rings is 4. The number of nitrogens with one attached hydrogen (secondary N) is 1. The van der Waals surface area contributed by atoms with Crippen LogP contribution in [0.1, 0.15) is 16.7 Å². The van der Waals surface area contributed by atoms with E-state index in [1.807, 2.05) is 19.1 Å². The first-order valence-corrected chi connectivity index (χ1v) is 14.0. The van der Waals surface area contributed by atoms with Crippen LogP contribution in [0.5, 0.6) is 5.75 Å². The number of nitrogens with zero attached hydrogens (tertiary/aromatic N) is 2. The van der Waals surface area contributed by atoms with Gasteiger partial charge >= 0.3 is 0 Å². The van der Waals surface area contributed by atoms with Crippen molar-refractivity contribution in [2.24, 2.45) is 5.10 Å². The largest absolute Gasteiger partial charge is 0.489 e. The molecule has 0 aliphatic heterocycles. The molecule has 0 aliphatic carbocycles.